The number of fused-ring (bicyclic) bond motifs is 1. The average molecular weight is 413 g/mol. The van der Waals surface area contributed by atoms with Crippen LogP contribution in [0, 0.1) is 12.7 Å². The van der Waals surface area contributed by atoms with Gasteiger partial charge in [-0.15, -0.1) is 0 Å². The molecule has 0 saturated carbocycles. The highest BCUT2D eigenvalue weighted by atomic mass is 19.1. The zero-order chi connectivity index (χ0) is 21.4. The second-order valence-electron chi connectivity index (χ2n) is 6.95. The van der Waals surface area contributed by atoms with Crippen molar-refractivity contribution < 1.29 is 18.0 Å². The maximum atomic E-state index is 14.0. The van der Waals surface area contributed by atoms with E-state index in [0.29, 0.717) is 33.6 Å². The number of carbonyl (C=O) groups is 1. The minimum absolute atomic E-state index is 0.0282. The Balaban J connectivity index is 1.51. The molecule has 0 fully saturated rings. The maximum absolute atomic E-state index is 14.0. The number of nitrogens with one attached hydrogen (secondary N) is 1. The van der Waals surface area contributed by atoms with Gasteiger partial charge in [0.05, 0.1) is 11.1 Å². The third kappa shape index (κ3) is 3.57. The zero-order valence-electron chi connectivity index (χ0n) is 16.4. The zero-order valence-corrected chi connectivity index (χ0v) is 16.4. The maximum Gasteiger partial charge on any atom is 0.302 e. The number of hydrogen-bond donors (Lipinski definition) is 1. The number of carbonyl (C=O) groups excluding carboxylic acids is 1. The summed E-state index contributed by atoms with van der Waals surface area (Å²) in [6, 6.07) is 18.8. The van der Waals surface area contributed by atoms with E-state index in [1.165, 1.54) is 12.3 Å². The molecule has 0 radical (unpaired) electrons. The van der Waals surface area contributed by atoms with Gasteiger partial charge in [-0.3, -0.25) is 10.1 Å². The predicted molar refractivity (Wildman–Crippen MR) is 114 cm³/mol. The Morgan fingerprint density at radius 2 is 1.77 bits per heavy atom. The molecule has 31 heavy (non-hydrogen) atoms. The predicted octanol–water partition coefficient (Wildman–Crippen LogP) is 5.85. The van der Waals surface area contributed by atoms with Gasteiger partial charge >= 0.3 is 6.01 Å². The van der Waals surface area contributed by atoms with Crippen molar-refractivity contribution in [1.29, 1.82) is 0 Å². The molecule has 0 unspecified atom stereocenters. The van der Waals surface area contributed by atoms with Crippen LogP contribution in [0.3, 0.4) is 0 Å². The number of halogens is 1. The van der Waals surface area contributed by atoms with Crippen LogP contribution in [0.2, 0.25) is 0 Å². The van der Waals surface area contributed by atoms with E-state index in [9.17, 15) is 9.18 Å². The minimum Gasteiger partial charge on any atom is -0.460 e. The third-order valence-corrected chi connectivity index (χ3v) is 4.83. The quantitative estimate of drug-likeness (QED) is 0.400. The Morgan fingerprint density at radius 3 is 2.58 bits per heavy atom. The standard InChI is InChI=1S/C24H16FN3O3/c1-14-10-11-22(31-14)20-12-17(15-6-3-5-9-19(15)26-20)23(29)28-24-27-21(13-30-24)16-7-2-4-8-18(16)25/h2-13H,1H3,(H,27,28,29). The smallest absolute Gasteiger partial charge is 0.302 e. The molecule has 1 amide bonds. The van der Waals surface area contributed by atoms with Gasteiger partial charge in [0.2, 0.25) is 0 Å². The number of anilines is 1. The molecule has 0 saturated heterocycles. The summed E-state index contributed by atoms with van der Waals surface area (Å²) in [5.74, 6) is 0.462. The topological polar surface area (TPSA) is 81.2 Å². The van der Waals surface area contributed by atoms with Crippen molar-refractivity contribution in [3.8, 4) is 22.7 Å². The fourth-order valence-electron chi connectivity index (χ4n) is 3.35. The highest BCUT2D eigenvalue weighted by molar-refractivity contribution is 6.12. The number of aryl methyl sites for hydroxylation is 1. The molecule has 7 heteroatoms. The van der Waals surface area contributed by atoms with Crippen LogP contribution in [0.15, 0.2) is 81.8 Å². The van der Waals surface area contributed by atoms with Gasteiger partial charge in [0.25, 0.3) is 5.91 Å². The van der Waals surface area contributed by atoms with Crippen molar-refractivity contribution in [1.82, 2.24) is 9.97 Å². The number of benzene rings is 2. The summed E-state index contributed by atoms with van der Waals surface area (Å²) in [4.78, 5) is 21.9. The molecular formula is C24H16FN3O3. The molecule has 152 valence electrons. The normalized spacial score (nSPS) is 11.0. The average Bonchev–Trinajstić information content (AvgIpc) is 3.42. The molecule has 0 spiro atoms. The van der Waals surface area contributed by atoms with Crippen molar-refractivity contribution in [3.63, 3.8) is 0 Å². The van der Waals surface area contributed by atoms with Crippen LogP contribution in [0.5, 0.6) is 0 Å². The highest BCUT2D eigenvalue weighted by Gasteiger charge is 2.18. The largest absolute Gasteiger partial charge is 0.460 e. The van der Waals surface area contributed by atoms with Crippen LogP contribution in [-0.2, 0) is 0 Å². The van der Waals surface area contributed by atoms with Gasteiger partial charge in [0, 0.05) is 10.9 Å². The molecule has 5 aromatic rings. The lowest BCUT2D eigenvalue weighted by Crippen LogP contribution is -2.13. The van der Waals surface area contributed by atoms with Gasteiger partial charge in [-0.1, -0.05) is 30.3 Å². The fourth-order valence-corrected chi connectivity index (χ4v) is 3.35. The Hall–Kier alpha value is -4.26. The number of nitrogens with zero attached hydrogens (tertiary/aromatic N) is 2. The molecule has 1 N–H and O–H groups in total. The van der Waals surface area contributed by atoms with Crippen molar-refractivity contribution in [3.05, 3.63) is 90.1 Å². The molecular weight excluding hydrogens is 397 g/mol. The summed E-state index contributed by atoms with van der Waals surface area (Å²) in [5.41, 5.74) is 2.16. The Labute approximate surface area is 176 Å². The molecule has 2 aromatic carbocycles. The lowest BCUT2D eigenvalue weighted by atomic mass is 10.1. The highest BCUT2D eigenvalue weighted by Crippen LogP contribution is 2.28. The van der Waals surface area contributed by atoms with Crippen LogP contribution in [0.4, 0.5) is 10.4 Å². The van der Waals surface area contributed by atoms with Crippen molar-refractivity contribution in [2.75, 3.05) is 5.32 Å². The Morgan fingerprint density at radius 1 is 0.968 bits per heavy atom. The number of oxazole rings is 1. The Bertz CT molecular complexity index is 1420. The van der Waals surface area contributed by atoms with Gasteiger partial charge in [0.15, 0.2) is 5.76 Å². The summed E-state index contributed by atoms with van der Waals surface area (Å²) in [6.45, 7) is 1.84. The number of rotatable bonds is 4. The first-order chi connectivity index (χ1) is 15.1. The first-order valence-corrected chi connectivity index (χ1v) is 9.57. The third-order valence-electron chi connectivity index (χ3n) is 4.83. The lowest BCUT2D eigenvalue weighted by Gasteiger charge is -2.08. The van der Waals surface area contributed by atoms with Gasteiger partial charge in [-0.25, -0.2) is 9.37 Å². The van der Waals surface area contributed by atoms with Gasteiger partial charge in [-0.2, -0.15) is 4.98 Å². The summed E-state index contributed by atoms with van der Waals surface area (Å²) in [6.07, 6.45) is 1.30. The van der Waals surface area contributed by atoms with Gasteiger partial charge < -0.3 is 8.83 Å². The summed E-state index contributed by atoms with van der Waals surface area (Å²) >= 11 is 0. The van der Waals surface area contributed by atoms with E-state index in [2.05, 4.69) is 15.3 Å². The molecule has 0 aliphatic heterocycles. The van der Waals surface area contributed by atoms with Crippen LogP contribution in [0.25, 0.3) is 33.6 Å². The monoisotopic (exact) mass is 413 g/mol. The summed E-state index contributed by atoms with van der Waals surface area (Å²) in [7, 11) is 0. The second-order valence-corrected chi connectivity index (χ2v) is 6.95. The van der Waals surface area contributed by atoms with E-state index < -0.39 is 11.7 Å². The summed E-state index contributed by atoms with van der Waals surface area (Å²) < 4.78 is 25.0. The van der Waals surface area contributed by atoms with Crippen LogP contribution >= 0.6 is 0 Å². The first-order valence-electron chi connectivity index (χ1n) is 9.57. The number of aromatic nitrogens is 2. The minimum atomic E-state index is -0.426. The second kappa shape index (κ2) is 7.53. The SMILES string of the molecule is Cc1ccc(-c2cc(C(=O)Nc3nc(-c4ccccc4F)co3)c3ccccc3n2)o1. The lowest BCUT2D eigenvalue weighted by molar-refractivity contribution is 0.102. The number of furan rings is 1. The van der Waals surface area contributed by atoms with E-state index in [1.54, 1.807) is 24.3 Å². The molecule has 0 aliphatic rings. The fraction of sp³-hybridized carbons (Fsp3) is 0.0417. The van der Waals surface area contributed by atoms with Crippen molar-refractivity contribution in [2.45, 2.75) is 6.92 Å². The molecule has 3 aromatic heterocycles. The molecule has 0 bridgehead atoms. The van der Waals surface area contributed by atoms with E-state index in [4.69, 9.17) is 8.83 Å². The number of para-hydroxylation sites is 1. The number of pyridine rings is 1. The van der Waals surface area contributed by atoms with Crippen molar-refractivity contribution in [2.24, 2.45) is 0 Å². The number of amides is 1. The molecule has 5 rings (SSSR count). The van der Waals surface area contributed by atoms with E-state index in [0.717, 1.165) is 5.76 Å². The van der Waals surface area contributed by atoms with E-state index in [1.807, 2.05) is 43.3 Å². The first kappa shape index (κ1) is 18.7. The van der Waals surface area contributed by atoms with Gasteiger partial charge in [-0.05, 0) is 43.3 Å². The van der Waals surface area contributed by atoms with Gasteiger partial charge in [0.1, 0.15) is 29.2 Å². The van der Waals surface area contributed by atoms with Crippen LogP contribution < -0.4 is 5.32 Å². The summed E-state index contributed by atoms with van der Waals surface area (Å²) in [5, 5.41) is 3.32. The van der Waals surface area contributed by atoms with Crippen LogP contribution in [-0.4, -0.2) is 15.9 Å². The molecule has 6 nitrogen and oxygen atoms in total. The molecule has 0 aliphatic carbocycles. The number of hydrogen-bond acceptors (Lipinski definition) is 5. The van der Waals surface area contributed by atoms with Crippen LogP contribution in [0.1, 0.15) is 16.1 Å². The van der Waals surface area contributed by atoms with E-state index >= 15 is 0 Å². The van der Waals surface area contributed by atoms with Crippen molar-refractivity contribution >= 4 is 22.8 Å². The van der Waals surface area contributed by atoms with E-state index in [-0.39, 0.29) is 11.6 Å². The molecule has 3 heterocycles. The Kier molecular flexibility index (Phi) is 4.55. The molecule has 0 atom stereocenters.